The van der Waals surface area contributed by atoms with Crippen molar-refractivity contribution in [3.05, 3.63) is 74.5 Å². The molecule has 1 fully saturated rings. The predicted molar refractivity (Wildman–Crippen MR) is 125 cm³/mol. The Morgan fingerprint density at radius 1 is 1.06 bits per heavy atom. The van der Waals surface area contributed by atoms with E-state index in [4.69, 9.17) is 0 Å². The van der Waals surface area contributed by atoms with Gasteiger partial charge in [-0.25, -0.2) is 9.37 Å². The van der Waals surface area contributed by atoms with Crippen molar-refractivity contribution in [3.63, 3.8) is 0 Å². The van der Waals surface area contributed by atoms with Crippen LogP contribution in [0.5, 0.6) is 0 Å². The fraction of sp³-hybridized carbons (Fsp3) is 0.261. The molecule has 164 valence electrons. The van der Waals surface area contributed by atoms with Gasteiger partial charge in [0.25, 0.3) is 5.56 Å². The molecule has 32 heavy (non-hydrogen) atoms. The first-order chi connectivity index (χ1) is 15.6. The number of benzene rings is 1. The van der Waals surface area contributed by atoms with Crippen molar-refractivity contribution in [1.29, 1.82) is 0 Å². The SMILES string of the molecule is O=C(Cn1cnc2scc(-c3ccc(F)cc3)c2c1=O)N1CCN(Cc2ccsc2)CC1. The van der Waals surface area contributed by atoms with E-state index in [1.54, 1.807) is 23.5 Å². The molecule has 0 atom stereocenters. The van der Waals surface area contributed by atoms with Gasteiger partial charge in [-0.15, -0.1) is 11.3 Å². The number of fused-ring (bicyclic) bond motifs is 1. The molecule has 0 saturated carbocycles. The summed E-state index contributed by atoms with van der Waals surface area (Å²) in [5.41, 5.74) is 2.52. The van der Waals surface area contributed by atoms with Crippen LogP contribution in [-0.4, -0.2) is 51.4 Å². The Bertz CT molecular complexity index is 1290. The molecule has 5 rings (SSSR count). The Kier molecular flexibility index (Phi) is 5.86. The third kappa shape index (κ3) is 4.23. The largest absolute Gasteiger partial charge is 0.339 e. The standard InChI is InChI=1S/C23H21FN4O2S2/c24-18-3-1-17(2-4-18)19-14-32-22-21(19)23(30)28(15-25-22)12-20(29)27-8-6-26(7-9-27)11-16-5-10-31-13-16/h1-5,10,13-15H,6-9,11-12H2. The zero-order chi connectivity index (χ0) is 22.1. The van der Waals surface area contributed by atoms with Crippen LogP contribution in [0.3, 0.4) is 0 Å². The molecule has 3 aromatic heterocycles. The first kappa shape index (κ1) is 21.0. The van der Waals surface area contributed by atoms with E-state index in [1.807, 2.05) is 10.3 Å². The van der Waals surface area contributed by atoms with Gasteiger partial charge in [0.2, 0.25) is 5.91 Å². The smallest absolute Gasteiger partial charge is 0.263 e. The monoisotopic (exact) mass is 468 g/mol. The topological polar surface area (TPSA) is 58.4 Å². The number of aromatic nitrogens is 2. The van der Waals surface area contributed by atoms with Gasteiger partial charge >= 0.3 is 0 Å². The van der Waals surface area contributed by atoms with Crippen molar-refractivity contribution in [1.82, 2.24) is 19.4 Å². The average molecular weight is 469 g/mol. The van der Waals surface area contributed by atoms with Gasteiger partial charge < -0.3 is 4.90 Å². The molecule has 0 bridgehead atoms. The molecule has 1 aromatic carbocycles. The van der Waals surface area contributed by atoms with Crippen molar-refractivity contribution in [2.75, 3.05) is 26.2 Å². The molecular formula is C23H21FN4O2S2. The molecule has 4 aromatic rings. The number of hydrogen-bond acceptors (Lipinski definition) is 6. The van der Waals surface area contributed by atoms with Gasteiger partial charge in [0, 0.05) is 43.7 Å². The second-order valence-electron chi connectivity index (χ2n) is 7.80. The molecule has 1 aliphatic rings. The van der Waals surface area contributed by atoms with Crippen molar-refractivity contribution < 1.29 is 9.18 Å². The highest BCUT2D eigenvalue weighted by Crippen LogP contribution is 2.30. The normalized spacial score (nSPS) is 14.8. The van der Waals surface area contributed by atoms with Gasteiger partial charge in [0.1, 0.15) is 17.2 Å². The molecule has 9 heteroatoms. The van der Waals surface area contributed by atoms with Gasteiger partial charge in [-0.05, 0) is 40.1 Å². The number of carbonyl (C=O) groups is 1. The lowest BCUT2D eigenvalue weighted by Crippen LogP contribution is -2.49. The van der Waals surface area contributed by atoms with Gasteiger partial charge in [-0.2, -0.15) is 11.3 Å². The highest BCUT2D eigenvalue weighted by molar-refractivity contribution is 7.17. The molecule has 1 saturated heterocycles. The highest BCUT2D eigenvalue weighted by atomic mass is 32.1. The molecule has 0 unspecified atom stereocenters. The number of nitrogens with zero attached hydrogens (tertiary/aromatic N) is 4. The third-order valence-corrected chi connectivity index (χ3v) is 7.35. The summed E-state index contributed by atoms with van der Waals surface area (Å²) in [6, 6.07) is 8.16. The number of carbonyl (C=O) groups excluding carboxylic acids is 1. The lowest BCUT2D eigenvalue weighted by molar-refractivity contribution is -0.133. The van der Waals surface area contributed by atoms with E-state index in [0.29, 0.717) is 28.9 Å². The molecule has 4 heterocycles. The fourth-order valence-electron chi connectivity index (χ4n) is 3.96. The van der Waals surface area contributed by atoms with Crippen molar-refractivity contribution >= 4 is 38.8 Å². The number of rotatable bonds is 5. The van der Waals surface area contributed by atoms with Crippen LogP contribution in [0.4, 0.5) is 4.39 Å². The Morgan fingerprint density at radius 3 is 2.56 bits per heavy atom. The summed E-state index contributed by atoms with van der Waals surface area (Å²) in [6.45, 7) is 3.78. The van der Waals surface area contributed by atoms with E-state index in [9.17, 15) is 14.0 Å². The molecule has 1 aliphatic heterocycles. The lowest BCUT2D eigenvalue weighted by atomic mass is 10.1. The maximum atomic E-state index is 13.3. The summed E-state index contributed by atoms with van der Waals surface area (Å²) in [7, 11) is 0. The van der Waals surface area contributed by atoms with E-state index in [-0.39, 0.29) is 23.8 Å². The number of thiophene rings is 2. The quantitative estimate of drug-likeness (QED) is 0.449. The molecule has 1 amide bonds. The van der Waals surface area contributed by atoms with Crippen LogP contribution >= 0.6 is 22.7 Å². The summed E-state index contributed by atoms with van der Waals surface area (Å²) in [6.07, 6.45) is 1.44. The second kappa shape index (κ2) is 8.93. The molecular weight excluding hydrogens is 447 g/mol. The number of hydrogen-bond donors (Lipinski definition) is 0. The zero-order valence-electron chi connectivity index (χ0n) is 17.2. The maximum absolute atomic E-state index is 13.3. The predicted octanol–water partition coefficient (Wildman–Crippen LogP) is 3.67. The molecule has 0 aliphatic carbocycles. The van der Waals surface area contributed by atoms with Crippen LogP contribution in [-0.2, 0) is 17.9 Å². The zero-order valence-corrected chi connectivity index (χ0v) is 18.9. The number of halogens is 1. The highest BCUT2D eigenvalue weighted by Gasteiger charge is 2.22. The Labute approximate surface area is 192 Å². The first-order valence-electron chi connectivity index (χ1n) is 10.3. The van der Waals surface area contributed by atoms with Crippen LogP contribution in [0.25, 0.3) is 21.3 Å². The molecule has 6 nitrogen and oxygen atoms in total. The average Bonchev–Trinajstić information content (AvgIpc) is 3.47. The van der Waals surface area contributed by atoms with Crippen LogP contribution in [0.15, 0.2) is 57.6 Å². The van der Waals surface area contributed by atoms with E-state index in [2.05, 4.69) is 26.7 Å². The summed E-state index contributed by atoms with van der Waals surface area (Å²) < 4.78 is 14.7. The van der Waals surface area contributed by atoms with Crippen molar-refractivity contribution in [3.8, 4) is 11.1 Å². The Hall–Kier alpha value is -2.88. The van der Waals surface area contributed by atoms with E-state index in [0.717, 1.165) is 25.2 Å². The molecule has 0 radical (unpaired) electrons. The van der Waals surface area contributed by atoms with Crippen LogP contribution < -0.4 is 5.56 Å². The van der Waals surface area contributed by atoms with Gasteiger partial charge in [0.15, 0.2) is 0 Å². The molecule has 0 spiro atoms. The minimum absolute atomic E-state index is 0.0367. The minimum Gasteiger partial charge on any atom is -0.339 e. The fourth-order valence-corrected chi connectivity index (χ4v) is 5.53. The maximum Gasteiger partial charge on any atom is 0.263 e. The van der Waals surface area contributed by atoms with Crippen molar-refractivity contribution in [2.45, 2.75) is 13.1 Å². The van der Waals surface area contributed by atoms with Crippen molar-refractivity contribution in [2.24, 2.45) is 0 Å². The number of piperazine rings is 1. The van der Waals surface area contributed by atoms with Crippen LogP contribution in [0, 0.1) is 5.82 Å². The molecule has 0 N–H and O–H groups in total. The van der Waals surface area contributed by atoms with Gasteiger partial charge in [0.05, 0.1) is 11.7 Å². The van der Waals surface area contributed by atoms with Crippen LogP contribution in [0.2, 0.25) is 0 Å². The number of amides is 1. The summed E-state index contributed by atoms with van der Waals surface area (Å²) in [4.78, 5) is 35.2. The summed E-state index contributed by atoms with van der Waals surface area (Å²) >= 11 is 3.06. The third-order valence-electron chi connectivity index (χ3n) is 5.73. The lowest BCUT2D eigenvalue weighted by Gasteiger charge is -2.34. The first-order valence-corrected chi connectivity index (χ1v) is 12.1. The van der Waals surface area contributed by atoms with Gasteiger partial charge in [-0.1, -0.05) is 12.1 Å². The second-order valence-corrected chi connectivity index (χ2v) is 9.44. The minimum atomic E-state index is -0.329. The van der Waals surface area contributed by atoms with E-state index < -0.39 is 0 Å². The summed E-state index contributed by atoms with van der Waals surface area (Å²) in [5.74, 6) is -0.410. The van der Waals surface area contributed by atoms with E-state index in [1.165, 1.54) is 39.9 Å². The Morgan fingerprint density at radius 2 is 1.84 bits per heavy atom. The van der Waals surface area contributed by atoms with Gasteiger partial charge in [-0.3, -0.25) is 19.1 Å². The summed E-state index contributed by atoms with van der Waals surface area (Å²) in [5, 5.41) is 6.55. The Balaban J connectivity index is 1.30. The van der Waals surface area contributed by atoms with E-state index >= 15 is 0 Å². The van der Waals surface area contributed by atoms with Crippen LogP contribution in [0.1, 0.15) is 5.56 Å².